The summed E-state index contributed by atoms with van der Waals surface area (Å²) in [5, 5.41) is 5.34. The van der Waals surface area contributed by atoms with Crippen molar-refractivity contribution in [2.75, 3.05) is 32.1 Å². The maximum Gasteiger partial charge on any atom is 0.195 e. The first-order chi connectivity index (χ1) is 9.67. The van der Waals surface area contributed by atoms with Crippen molar-refractivity contribution >= 4 is 22.1 Å². The molecule has 1 saturated heterocycles. The van der Waals surface area contributed by atoms with Crippen molar-refractivity contribution in [1.29, 1.82) is 0 Å². The van der Waals surface area contributed by atoms with Crippen molar-refractivity contribution in [2.24, 2.45) is 0 Å². The minimum Gasteiger partial charge on any atom is -0.377 e. The van der Waals surface area contributed by atoms with Crippen molar-refractivity contribution in [1.82, 2.24) is 14.7 Å². The van der Waals surface area contributed by atoms with Crippen molar-refractivity contribution in [3.63, 3.8) is 0 Å². The Bertz CT molecular complexity index is 593. The molecule has 3 heterocycles. The van der Waals surface area contributed by atoms with E-state index in [0.29, 0.717) is 0 Å². The molecule has 1 N–H and O–H groups in total. The lowest BCUT2D eigenvalue weighted by Gasteiger charge is -2.40. The highest BCUT2D eigenvalue weighted by molar-refractivity contribution is 7.15. The molecule has 1 atom stereocenters. The van der Waals surface area contributed by atoms with Crippen LogP contribution in [0.2, 0.25) is 0 Å². The summed E-state index contributed by atoms with van der Waals surface area (Å²) < 4.78 is 7.89. The lowest BCUT2D eigenvalue weighted by Crippen LogP contribution is -2.48. The smallest absolute Gasteiger partial charge is 0.195 e. The molecule has 0 saturated carbocycles. The standard InChI is InChI=1S/C14H22N4OS/c1-14(19-3)5-4-6-17(10-14)12-11(9-15-2)18-7-8-20-13(18)16-12/h7-8,15H,4-6,9-10H2,1-3H3. The Morgan fingerprint density at radius 3 is 3.15 bits per heavy atom. The van der Waals surface area contributed by atoms with Gasteiger partial charge in [-0.05, 0) is 26.8 Å². The van der Waals surface area contributed by atoms with Crippen LogP contribution >= 0.6 is 11.3 Å². The van der Waals surface area contributed by atoms with Crippen LogP contribution in [0.5, 0.6) is 0 Å². The number of nitrogens with one attached hydrogen (secondary N) is 1. The number of hydrogen-bond acceptors (Lipinski definition) is 5. The molecule has 3 rings (SSSR count). The van der Waals surface area contributed by atoms with Crippen LogP contribution in [0.3, 0.4) is 0 Å². The third kappa shape index (κ3) is 2.32. The fraction of sp³-hybridized carbons (Fsp3) is 0.643. The second kappa shape index (κ2) is 5.35. The van der Waals surface area contributed by atoms with Crippen LogP contribution in [0.25, 0.3) is 4.96 Å². The van der Waals surface area contributed by atoms with Crippen molar-refractivity contribution in [3.05, 3.63) is 17.3 Å². The van der Waals surface area contributed by atoms with Crippen LogP contribution in [0.4, 0.5) is 5.82 Å². The van der Waals surface area contributed by atoms with Gasteiger partial charge in [-0.25, -0.2) is 4.98 Å². The van der Waals surface area contributed by atoms with Gasteiger partial charge in [0.2, 0.25) is 0 Å². The number of aromatic nitrogens is 2. The fourth-order valence-corrected chi connectivity index (χ4v) is 3.69. The van der Waals surface area contributed by atoms with Crippen LogP contribution in [0, 0.1) is 0 Å². The van der Waals surface area contributed by atoms with E-state index in [-0.39, 0.29) is 5.60 Å². The number of piperidine rings is 1. The molecule has 0 radical (unpaired) electrons. The Labute approximate surface area is 123 Å². The maximum absolute atomic E-state index is 5.70. The predicted octanol–water partition coefficient (Wildman–Crippen LogP) is 2.12. The molecular formula is C14H22N4OS. The summed E-state index contributed by atoms with van der Waals surface area (Å²) in [6.45, 7) is 4.98. The second-order valence-electron chi connectivity index (χ2n) is 5.65. The molecule has 2 aromatic rings. The zero-order valence-electron chi connectivity index (χ0n) is 12.3. The summed E-state index contributed by atoms with van der Waals surface area (Å²) in [6.07, 6.45) is 4.36. The fourth-order valence-electron chi connectivity index (χ4n) is 2.96. The van der Waals surface area contributed by atoms with E-state index in [9.17, 15) is 0 Å². The highest BCUT2D eigenvalue weighted by atomic mass is 32.1. The van der Waals surface area contributed by atoms with E-state index >= 15 is 0 Å². The van der Waals surface area contributed by atoms with Crippen LogP contribution in [0.1, 0.15) is 25.5 Å². The van der Waals surface area contributed by atoms with Crippen LogP contribution in [-0.4, -0.2) is 42.2 Å². The van der Waals surface area contributed by atoms with Crippen LogP contribution < -0.4 is 10.2 Å². The Balaban J connectivity index is 1.96. The van der Waals surface area contributed by atoms with Crippen molar-refractivity contribution < 1.29 is 4.74 Å². The average Bonchev–Trinajstić information content (AvgIpc) is 3.02. The number of rotatable bonds is 4. The SMILES string of the molecule is CNCc1c(N2CCCC(C)(OC)C2)nc2sccn12. The second-order valence-corrected chi connectivity index (χ2v) is 6.52. The Hall–Kier alpha value is -1.11. The highest BCUT2D eigenvalue weighted by Crippen LogP contribution is 2.31. The summed E-state index contributed by atoms with van der Waals surface area (Å²) in [7, 11) is 3.79. The van der Waals surface area contributed by atoms with E-state index in [1.807, 2.05) is 14.2 Å². The largest absolute Gasteiger partial charge is 0.377 e. The van der Waals surface area contributed by atoms with Gasteiger partial charge in [-0.2, -0.15) is 0 Å². The third-order valence-electron chi connectivity index (χ3n) is 4.14. The number of hydrogen-bond donors (Lipinski definition) is 1. The lowest BCUT2D eigenvalue weighted by atomic mass is 9.95. The molecule has 1 fully saturated rings. The van der Waals surface area contributed by atoms with Gasteiger partial charge in [-0.1, -0.05) is 0 Å². The molecule has 0 aromatic carbocycles. The zero-order valence-corrected chi connectivity index (χ0v) is 13.2. The number of anilines is 1. The molecule has 5 nitrogen and oxygen atoms in total. The molecule has 0 amide bonds. The van der Waals surface area contributed by atoms with Crippen molar-refractivity contribution in [2.45, 2.75) is 31.9 Å². The van der Waals surface area contributed by atoms with Gasteiger partial charge in [0.1, 0.15) is 0 Å². The number of nitrogens with zero attached hydrogens (tertiary/aromatic N) is 3. The van der Waals surface area contributed by atoms with Gasteiger partial charge in [-0.3, -0.25) is 4.40 Å². The van der Waals surface area contributed by atoms with Gasteiger partial charge < -0.3 is 15.0 Å². The van der Waals surface area contributed by atoms with Crippen LogP contribution in [-0.2, 0) is 11.3 Å². The summed E-state index contributed by atoms with van der Waals surface area (Å²) in [4.78, 5) is 8.27. The zero-order chi connectivity index (χ0) is 14.2. The van der Waals surface area contributed by atoms with Crippen LogP contribution in [0.15, 0.2) is 11.6 Å². The summed E-state index contributed by atoms with van der Waals surface area (Å²) in [6, 6.07) is 0. The first-order valence-corrected chi connectivity index (χ1v) is 7.94. The molecule has 2 aromatic heterocycles. The van der Waals surface area contributed by atoms with E-state index in [1.165, 1.54) is 5.69 Å². The average molecular weight is 294 g/mol. The molecule has 1 unspecified atom stereocenters. The molecule has 0 bridgehead atoms. The summed E-state index contributed by atoms with van der Waals surface area (Å²) >= 11 is 1.68. The van der Waals surface area contributed by atoms with E-state index in [1.54, 1.807) is 11.3 Å². The Kier molecular flexibility index (Phi) is 3.70. The van der Waals surface area contributed by atoms with Gasteiger partial charge in [0.05, 0.1) is 11.3 Å². The molecule has 0 spiro atoms. The lowest BCUT2D eigenvalue weighted by molar-refractivity contribution is -0.00483. The molecule has 1 aliphatic heterocycles. The number of ether oxygens (including phenoxy) is 1. The molecular weight excluding hydrogens is 272 g/mol. The third-order valence-corrected chi connectivity index (χ3v) is 4.89. The first kappa shape index (κ1) is 13.9. The Morgan fingerprint density at radius 1 is 1.55 bits per heavy atom. The first-order valence-electron chi connectivity index (χ1n) is 7.06. The minimum atomic E-state index is -0.0633. The minimum absolute atomic E-state index is 0.0633. The number of fused-ring (bicyclic) bond motifs is 1. The molecule has 6 heteroatoms. The van der Waals surface area contributed by atoms with Gasteiger partial charge >= 0.3 is 0 Å². The monoisotopic (exact) mass is 294 g/mol. The number of thiazole rings is 1. The number of methoxy groups -OCH3 is 1. The topological polar surface area (TPSA) is 41.8 Å². The maximum atomic E-state index is 5.70. The van der Waals surface area contributed by atoms with E-state index < -0.39 is 0 Å². The summed E-state index contributed by atoms with van der Waals surface area (Å²) in [5.41, 5.74) is 1.18. The van der Waals surface area contributed by atoms with Gasteiger partial charge in [0.15, 0.2) is 10.8 Å². The molecule has 110 valence electrons. The van der Waals surface area contributed by atoms with Crippen molar-refractivity contribution in [3.8, 4) is 0 Å². The number of imidazole rings is 1. The Morgan fingerprint density at radius 2 is 2.40 bits per heavy atom. The molecule has 20 heavy (non-hydrogen) atoms. The quantitative estimate of drug-likeness (QED) is 0.938. The predicted molar refractivity (Wildman–Crippen MR) is 82.7 cm³/mol. The van der Waals surface area contributed by atoms with E-state index in [4.69, 9.17) is 9.72 Å². The van der Waals surface area contributed by atoms with Gasteiger partial charge in [-0.15, -0.1) is 11.3 Å². The highest BCUT2D eigenvalue weighted by Gasteiger charge is 2.33. The molecule has 1 aliphatic rings. The van der Waals surface area contributed by atoms with E-state index in [2.05, 4.69) is 33.1 Å². The molecule has 0 aliphatic carbocycles. The summed E-state index contributed by atoms with van der Waals surface area (Å²) in [5.74, 6) is 1.11. The normalized spacial score (nSPS) is 23.6. The van der Waals surface area contributed by atoms with Gasteiger partial charge in [0, 0.05) is 38.3 Å². The van der Waals surface area contributed by atoms with Gasteiger partial charge in [0.25, 0.3) is 0 Å². The van der Waals surface area contributed by atoms with E-state index in [0.717, 1.165) is 43.3 Å².